The van der Waals surface area contributed by atoms with Gasteiger partial charge in [0.05, 0.1) is 12.1 Å². The Morgan fingerprint density at radius 2 is 2.10 bits per heavy atom. The second-order valence-corrected chi connectivity index (χ2v) is 5.98. The van der Waals surface area contributed by atoms with E-state index in [9.17, 15) is 0 Å². The molecule has 0 aliphatic carbocycles. The molecular formula is C17H28N2O. The highest BCUT2D eigenvalue weighted by Crippen LogP contribution is 2.27. The van der Waals surface area contributed by atoms with Crippen molar-refractivity contribution in [3.63, 3.8) is 0 Å². The molecular weight excluding hydrogens is 248 g/mol. The molecule has 0 bridgehead atoms. The van der Waals surface area contributed by atoms with Gasteiger partial charge in [0.2, 0.25) is 0 Å². The largest absolute Gasteiger partial charge is 0.383 e. The maximum atomic E-state index is 5.28. The smallest absolute Gasteiger partial charge is 0.0589 e. The van der Waals surface area contributed by atoms with Gasteiger partial charge in [-0.05, 0) is 18.9 Å². The molecule has 0 amide bonds. The molecule has 0 aromatic heterocycles. The first-order chi connectivity index (χ1) is 9.69. The van der Waals surface area contributed by atoms with Crippen LogP contribution in [0, 0.1) is 0 Å². The fourth-order valence-electron chi connectivity index (χ4n) is 3.15. The average Bonchev–Trinajstić information content (AvgIpc) is 2.49. The first-order valence-corrected chi connectivity index (χ1v) is 7.73. The maximum absolute atomic E-state index is 5.28. The second kappa shape index (κ2) is 7.21. The summed E-state index contributed by atoms with van der Waals surface area (Å²) in [6, 6.07) is 11.4. The lowest BCUT2D eigenvalue weighted by Crippen LogP contribution is -2.61. The van der Waals surface area contributed by atoms with E-state index in [0.29, 0.717) is 6.04 Å². The van der Waals surface area contributed by atoms with Crippen molar-refractivity contribution >= 4 is 0 Å². The van der Waals surface area contributed by atoms with Gasteiger partial charge < -0.3 is 10.1 Å². The Bertz CT molecular complexity index is 395. The molecule has 3 heteroatoms. The highest BCUT2D eigenvalue weighted by Gasteiger charge is 2.36. The first kappa shape index (κ1) is 15.5. The molecule has 3 nitrogen and oxygen atoms in total. The Morgan fingerprint density at radius 1 is 1.35 bits per heavy atom. The molecule has 0 radical (unpaired) electrons. The van der Waals surface area contributed by atoms with Crippen LogP contribution in [-0.4, -0.2) is 44.3 Å². The summed E-state index contributed by atoms with van der Waals surface area (Å²) in [7, 11) is 1.79. The van der Waals surface area contributed by atoms with Crippen molar-refractivity contribution in [3.05, 3.63) is 35.9 Å². The zero-order chi connectivity index (χ0) is 14.4. The third-order valence-corrected chi connectivity index (χ3v) is 4.38. The van der Waals surface area contributed by atoms with E-state index in [2.05, 4.69) is 54.4 Å². The van der Waals surface area contributed by atoms with Crippen molar-refractivity contribution in [2.75, 3.05) is 33.4 Å². The van der Waals surface area contributed by atoms with Crippen molar-refractivity contribution in [2.24, 2.45) is 0 Å². The molecule has 2 atom stereocenters. The third kappa shape index (κ3) is 3.60. The number of piperazine rings is 1. The molecule has 20 heavy (non-hydrogen) atoms. The quantitative estimate of drug-likeness (QED) is 0.864. The molecule has 112 valence electrons. The van der Waals surface area contributed by atoms with Crippen molar-refractivity contribution in [1.29, 1.82) is 0 Å². The van der Waals surface area contributed by atoms with Crippen LogP contribution in [0.1, 0.15) is 32.3 Å². The lowest BCUT2D eigenvalue weighted by Gasteiger charge is -2.46. The number of nitrogens with one attached hydrogen (secondary N) is 1. The molecule has 1 saturated heterocycles. The maximum Gasteiger partial charge on any atom is 0.0589 e. The van der Waals surface area contributed by atoms with Gasteiger partial charge in [-0.15, -0.1) is 0 Å². The Labute approximate surface area is 123 Å². The molecule has 2 unspecified atom stereocenters. The van der Waals surface area contributed by atoms with Crippen LogP contribution in [0.15, 0.2) is 30.3 Å². The van der Waals surface area contributed by atoms with Gasteiger partial charge in [0.1, 0.15) is 0 Å². The van der Waals surface area contributed by atoms with E-state index in [4.69, 9.17) is 4.74 Å². The lowest BCUT2D eigenvalue weighted by molar-refractivity contribution is 0.0536. The Balaban J connectivity index is 2.10. The molecule has 2 rings (SSSR count). The Morgan fingerprint density at radius 3 is 2.75 bits per heavy atom. The lowest BCUT2D eigenvalue weighted by atomic mass is 9.87. The highest BCUT2D eigenvalue weighted by molar-refractivity contribution is 5.25. The minimum atomic E-state index is 0.0409. The molecule has 0 spiro atoms. The minimum Gasteiger partial charge on any atom is -0.383 e. The summed E-state index contributed by atoms with van der Waals surface area (Å²) in [5.74, 6) is 0. The van der Waals surface area contributed by atoms with Crippen LogP contribution in [-0.2, 0) is 10.3 Å². The fraction of sp³-hybridized carbons (Fsp3) is 0.647. The van der Waals surface area contributed by atoms with Gasteiger partial charge in [0.15, 0.2) is 0 Å². The SMILES string of the molecule is CCCC1CNC(C)(c2ccccc2)CN1CCOC. The van der Waals surface area contributed by atoms with Crippen LogP contribution < -0.4 is 5.32 Å². The summed E-state index contributed by atoms with van der Waals surface area (Å²) >= 11 is 0. The van der Waals surface area contributed by atoms with Gasteiger partial charge in [-0.2, -0.15) is 0 Å². The molecule has 1 aromatic carbocycles. The van der Waals surface area contributed by atoms with Gasteiger partial charge in [0.25, 0.3) is 0 Å². The summed E-state index contributed by atoms with van der Waals surface area (Å²) in [6.45, 7) is 8.51. The van der Waals surface area contributed by atoms with Crippen LogP contribution in [0.2, 0.25) is 0 Å². The van der Waals surface area contributed by atoms with Gasteiger partial charge in [-0.25, -0.2) is 0 Å². The number of benzene rings is 1. The molecule has 1 aromatic rings. The highest BCUT2D eigenvalue weighted by atomic mass is 16.5. The van der Waals surface area contributed by atoms with Gasteiger partial charge in [-0.1, -0.05) is 43.7 Å². The monoisotopic (exact) mass is 276 g/mol. The molecule has 1 fully saturated rings. The van der Waals surface area contributed by atoms with E-state index >= 15 is 0 Å². The van der Waals surface area contributed by atoms with Crippen LogP contribution >= 0.6 is 0 Å². The molecule has 1 aliphatic rings. The minimum absolute atomic E-state index is 0.0409. The summed E-state index contributed by atoms with van der Waals surface area (Å²) in [4.78, 5) is 2.59. The third-order valence-electron chi connectivity index (χ3n) is 4.38. The number of hydrogen-bond donors (Lipinski definition) is 1. The predicted octanol–water partition coefficient (Wildman–Crippen LogP) is 2.62. The first-order valence-electron chi connectivity index (χ1n) is 7.73. The topological polar surface area (TPSA) is 24.5 Å². The number of ether oxygens (including phenoxy) is 1. The molecule has 1 heterocycles. The number of nitrogens with zero attached hydrogens (tertiary/aromatic N) is 1. The molecule has 1 N–H and O–H groups in total. The van der Waals surface area contributed by atoms with Crippen LogP contribution in [0.25, 0.3) is 0 Å². The number of methoxy groups -OCH3 is 1. The molecule has 1 aliphatic heterocycles. The second-order valence-electron chi connectivity index (χ2n) is 5.98. The normalized spacial score (nSPS) is 27.6. The molecule has 0 saturated carbocycles. The zero-order valence-corrected chi connectivity index (χ0v) is 13.1. The summed E-state index contributed by atoms with van der Waals surface area (Å²) in [5, 5.41) is 3.77. The number of hydrogen-bond acceptors (Lipinski definition) is 3. The van der Waals surface area contributed by atoms with E-state index in [1.54, 1.807) is 7.11 Å². The van der Waals surface area contributed by atoms with Crippen molar-refractivity contribution in [3.8, 4) is 0 Å². The van der Waals surface area contributed by atoms with E-state index in [-0.39, 0.29) is 5.54 Å². The van der Waals surface area contributed by atoms with Crippen LogP contribution in [0.3, 0.4) is 0 Å². The van der Waals surface area contributed by atoms with E-state index < -0.39 is 0 Å². The van der Waals surface area contributed by atoms with E-state index in [1.807, 2.05) is 0 Å². The van der Waals surface area contributed by atoms with Crippen LogP contribution in [0.4, 0.5) is 0 Å². The average molecular weight is 276 g/mol. The van der Waals surface area contributed by atoms with E-state index in [1.165, 1.54) is 18.4 Å². The van der Waals surface area contributed by atoms with Crippen molar-refractivity contribution in [2.45, 2.75) is 38.3 Å². The van der Waals surface area contributed by atoms with Gasteiger partial charge in [0, 0.05) is 32.8 Å². The standard InChI is InChI=1S/C17H28N2O/c1-4-8-16-13-18-17(2,14-19(16)11-12-20-3)15-9-6-5-7-10-15/h5-7,9-10,16,18H,4,8,11-14H2,1-3H3. The predicted molar refractivity (Wildman–Crippen MR) is 83.9 cm³/mol. The Hall–Kier alpha value is -0.900. The van der Waals surface area contributed by atoms with Gasteiger partial charge >= 0.3 is 0 Å². The summed E-state index contributed by atoms with van der Waals surface area (Å²) in [5.41, 5.74) is 1.41. The zero-order valence-electron chi connectivity index (χ0n) is 13.1. The fourth-order valence-corrected chi connectivity index (χ4v) is 3.15. The van der Waals surface area contributed by atoms with Crippen LogP contribution in [0.5, 0.6) is 0 Å². The van der Waals surface area contributed by atoms with E-state index in [0.717, 1.165) is 26.2 Å². The van der Waals surface area contributed by atoms with Gasteiger partial charge in [-0.3, -0.25) is 4.90 Å². The number of rotatable bonds is 6. The Kier molecular flexibility index (Phi) is 5.58. The van der Waals surface area contributed by atoms with Crippen molar-refractivity contribution in [1.82, 2.24) is 10.2 Å². The van der Waals surface area contributed by atoms with Crippen molar-refractivity contribution < 1.29 is 4.74 Å². The summed E-state index contributed by atoms with van der Waals surface area (Å²) in [6.07, 6.45) is 2.49. The summed E-state index contributed by atoms with van der Waals surface area (Å²) < 4.78 is 5.28.